The number of halogens is 2. The molecule has 23 heavy (non-hydrogen) atoms. The van der Waals surface area contributed by atoms with Crippen molar-refractivity contribution in [3.05, 3.63) is 88.7 Å². The minimum Gasteiger partial charge on any atom is -0.448 e. The van der Waals surface area contributed by atoms with Crippen LogP contribution in [0.15, 0.2) is 77.3 Å². The summed E-state index contributed by atoms with van der Waals surface area (Å²) in [6.07, 6.45) is 4.42. The lowest BCUT2D eigenvalue weighted by Crippen LogP contribution is -2.04. The summed E-state index contributed by atoms with van der Waals surface area (Å²) in [7, 11) is 0. The zero-order valence-electron chi connectivity index (χ0n) is 12.2. The van der Waals surface area contributed by atoms with Crippen LogP contribution in [0.5, 0.6) is 0 Å². The number of allylic oxidation sites excluding steroid dienone is 4. The van der Waals surface area contributed by atoms with Crippen LogP contribution in [0.4, 0.5) is 4.39 Å². The molecule has 4 N–H and O–H groups in total. The molecule has 1 aromatic rings. The SMILES string of the molecule is C=CC(=C\C=C(/N)C#N)/C(N)=C(\Br)OC(=C)c1ccc(F)cc1. The first kappa shape index (κ1) is 18.3. The molecule has 0 atom stereocenters. The van der Waals surface area contributed by atoms with Gasteiger partial charge in [-0.2, -0.15) is 5.26 Å². The zero-order valence-corrected chi connectivity index (χ0v) is 13.8. The highest BCUT2D eigenvalue weighted by atomic mass is 79.9. The van der Waals surface area contributed by atoms with E-state index in [-0.39, 0.29) is 27.6 Å². The first-order chi connectivity index (χ1) is 10.9. The van der Waals surface area contributed by atoms with Gasteiger partial charge in [0, 0.05) is 11.1 Å². The Hall–Kier alpha value is -2.78. The van der Waals surface area contributed by atoms with Crippen LogP contribution < -0.4 is 11.5 Å². The van der Waals surface area contributed by atoms with Crippen LogP contribution >= 0.6 is 15.9 Å². The van der Waals surface area contributed by atoms with Gasteiger partial charge in [0.15, 0.2) is 4.67 Å². The molecule has 0 fully saturated rings. The molecular formula is C17H15BrFN3O. The quantitative estimate of drug-likeness (QED) is 0.449. The third kappa shape index (κ3) is 5.49. The van der Waals surface area contributed by atoms with Crippen LogP contribution in [0.2, 0.25) is 0 Å². The smallest absolute Gasteiger partial charge is 0.193 e. The first-order valence-electron chi connectivity index (χ1n) is 6.37. The molecule has 118 valence electrons. The lowest BCUT2D eigenvalue weighted by atomic mass is 10.2. The summed E-state index contributed by atoms with van der Waals surface area (Å²) < 4.78 is 18.6. The molecule has 0 aliphatic rings. The fourth-order valence-electron chi connectivity index (χ4n) is 1.46. The summed E-state index contributed by atoms with van der Waals surface area (Å²) in [6.45, 7) is 7.40. The van der Waals surface area contributed by atoms with Crippen LogP contribution in [0.1, 0.15) is 5.56 Å². The predicted octanol–water partition coefficient (Wildman–Crippen LogP) is 3.81. The topological polar surface area (TPSA) is 85.1 Å². The Labute approximate surface area is 142 Å². The van der Waals surface area contributed by atoms with Crippen LogP contribution in [0, 0.1) is 17.1 Å². The summed E-state index contributed by atoms with van der Waals surface area (Å²) in [5, 5.41) is 8.62. The number of nitrogens with two attached hydrogens (primary N) is 2. The molecule has 0 radical (unpaired) electrons. The molecule has 0 spiro atoms. The molecule has 1 rings (SSSR count). The van der Waals surface area contributed by atoms with Gasteiger partial charge in [0.2, 0.25) is 0 Å². The molecule has 1 aromatic carbocycles. The van der Waals surface area contributed by atoms with E-state index in [4.69, 9.17) is 21.5 Å². The van der Waals surface area contributed by atoms with Gasteiger partial charge in [-0.1, -0.05) is 19.2 Å². The van der Waals surface area contributed by atoms with Crippen molar-refractivity contribution in [3.8, 4) is 6.07 Å². The van der Waals surface area contributed by atoms with E-state index in [0.717, 1.165) is 0 Å². The third-order valence-electron chi connectivity index (χ3n) is 2.69. The summed E-state index contributed by atoms with van der Waals surface area (Å²) in [5.41, 5.74) is 12.7. The fraction of sp³-hybridized carbons (Fsp3) is 0. The molecule has 6 heteroatoms. The fourth-order valence-corrected chi connectivity index (χ4v) is 1.88. The van der Waals surface area contributed by atoms with Crippen molar-refractivity contribution in [1.82, 2.24) is 0 Å². The van der Waals surface area contributed by atoms with Crippen LogP contribution in [-0.4, -0.2) is 0 Å². The summed E-state index contributed by atoms with van der Waals surface area (Å²) in [5.74, 6) is -0.0651. The Morgan fingerprint density at radius 2 is 1.87 bits per heavy atom. The Balaban J connectivity index is 2.99. The Kier molecular flexibility index (Phi) is 6.84. The van der Waals surface area contributed by atoms with Crippen molar-refractivity contribution in [2.45, 2.75) is 0 Å². The number of benzene rings is 1. The van der Waals surface area contributed by atoms with Gasteiger partial charge in [-0.3, -0.25) is 0 Å². The van der Waals surface area contributed by atoms with Gasteiger partial charge in [-0.25, -0.2) is 4.39 Å². The summed E-state index contributed by atoms with van der Waals surface area (Å²) in [6, 6.07) is 7.46. The maximum Gasteiger partial charge on any atom is 0.193 e. The standard InChI is InChI=1S/C17H15BrFN3O/c1-3-12(6-9-15(21)10-20)16(22)17(18)23-11(2)13-4-7-14(19)8-5-13/h3-9H,1-2,21-22H2/b12-6+,15-9-,17-16-. The predicted molar refractivity (Wildman–Crippen MR) is 92.8 cm³/mol. The van der Waals surface area contributed by atoms with E-state index < -0.39 is 0 Å². The van der Waals surface area contributed by atoms with Crippen LogP contribution in [-0.2, 0) is 4.74 Å². The number of ether oxygens (including phenoxy) is 1. The van der Waals surface area contributed by atoms with Crippen molar-refractivity contribution < 1.29 is 9.13 Å². The average molecular weight is 376 g/mol. The van der Waals surface area contributed by atoms with Gasteiger partial charge in [-0.05, 0) is 52.3 Å². The van der Waals surface area contributed by atoms with Gasteiger partial charge < -0.3 is 16.2 Å². The molecule has 0 bridgehead atoms. The molecule has 0 aliphatic carbocycles. The van der Waals surface area contributed by atoms with Crippen molar-refractivity contribution in [2.75, 3.05) is 0 Å². The van der Waals surface area contributed by atoms with Crippen molar-refractivity contribution >= 4 is 21.7 Å². The van der Waals surface area contributed by atoms with Gasteiger partial charge in [0.25, 0.3) is 0 Å². The van der Waals surface area contributed by atoms with Gasteiger partial charge in [0.1, 0.15) is 23.3 Å². The molecule has 0 amide bonds. The summed E-state index contributed by atoms with van der Waals surface area (Å²) in [4.78, 5) is 0. The summed E-state index contributed by atoms with van der Waals surface area (Å²) >= 11 is 3.21. The highest BCUT2D eigenvalue weighted by Crippen LogP contribution is 2.24. The number of hydrogen-bond acceptors (Lipinski definition) is 4. The Morgan fingerprint density at radius 1 is 1.26 bits per heavy atom. The minimum atomic E-state index is -0.352. The number of nitrogens with zero attached hydrogens (tertiary/aromatic N) is 1. The van der Waals surface area contributed by atoms with E-state index in [1.807, 2.05) is 0 Å². The molecular weight excluding hydrogens is 361 g/mol. The molecule has 0 aliphatic heterocycles. The van der Waals surface area contributed by atoms with E-state index in [2.05, 4.69) is 29.1 Å². The minimum absolute atomic E-state index is 0.0323. The van der Waals surface area contributed by atoms with E-state index in [1.54, 1.807) is 6.07 Å². The molecule has 0 aromatic heterocycles. The molecule has 0 saturated carbocycles. The van der Waals surface area contributed by atoms with E-state index in [9.17, 15) is 4.39 Å². The van der Waals surface area contributed by atoms with Crippen LogP contribution in [0.3, 0.4) is 0 Å². The van der Waals surface area contributed by atoms with E-state index in [1.165, 1.54) is 42.5 Å². The maximum absolute atomic E-state index is 12.9. The van der Waals surface area contributed by atoms with E-state index in [0.29, 0.717) is 11.1 Å². The van der Waals surface area contributed by atoms with Crippen molar-refractivity contribution in [3.63, 3.8) is 0 Å². The molecule has 0 saturated heterocycles. The molecule has 0 heterocycles. The Morgan fingerprint density at radius 3 is 2.39 bits per heavy atom. The maximum atomic E-state index is 12.9. The normalized spacial score (nSPS) is 12.9. The van der Waals surface area contributed by atoms with Crippen molar-refractivity contribution in [2.24, 2.45) is 11.5 Å². The lowest BCUT2D eigenvalue weighted by Gasteiger charge is -2.11. The monoisotopic (exact) mass is 375 g/mol. The molecule has 4 nitrogen and oxygen atoms in total. The third-order valence-corrected chi connectivity index (χ3v) is 3.28. The largest absolute Gasteiger partial charge is 0.448 e. The van der Waals surface area contributed by atoms with E-state index >= 15 is 0 Å². The zero-order chi connectivity index (χ0) is 17.4. The van der Waals surface area contributed by atoms with Crippen LogP contribution in [0.25, 0.3) is 5.76 Å². The van der Waals surface area contributed by atoms with Gasteiger partial charge >= 0.3 is 0 Å². The average Bonchev–Trinajstić information content (AvgIpc) is 2.55. The first-order valence-corrected chi connectivity index (χ1v) is 7.16. The van der Waals surface area contributed by atoms with Gasteiger partial charge in [-0.15, -0.1) is 0 Å². The highest BCUT2D eigenvalue weighted by molar-refractivity contribution is 9.11. The number of hydrogen-bond donors (Lipinski definition) is 2. The van der Waals surface area contributed by atoms with Gasteiger partial charge in [0.05, 0.1) is 5.70 Å². The highest BCUT2D eigenvalue weighted by Gasteiger charge is 2.08. The van der Waals surface area contributed by atoms with Crippen molar-refractivity contribution in [1.29, 1.82) is 5.26 Å². The lowest BCUT2D eigenvalue weighted by molar-refractivity contribution is 0.421. The molecule has 0 unspecified atom stereocenters. The second-order valence-electron chi connectivity index (χ2n) is 4.28. The number of rotatable bonds is 6. The Bertz CT molecular complexity index is 740. The number of nitriles is 1. The second kappa shape index (κ2) is 8.61. The second-order valence-corrected chi connectivity index (χ2v) is 5.00.